The minimum Gasteiger partial charge on any atom is -0.494 e. The van der Waals surface area contributed by atoms with Crippen LogP contribution < -0.4 is 15.1 Å². The number of thiazole rings is 1. The first-order chi connectivity index (χ1) is 15.0. The van der Waals surface area contributed by atoms with Gasteiger partial charge in [-0.05, 0) is 50.6 Å². The minimum absolute atomic E-state index is 0.0704. The summed E-state index contributed by atoms with van der Waals surface area (Å²) in [6, 6.07) is 12.2. The van der Waals surface area contributed by atoms with Crippen LogP contribution in [0.1, 0.15) is 45.9 Å². The third-order valence-corrected chi connectivity index (χ3v) is 6.28. The standard InChI is InChI=1S/C24H20N2O4S/c1-4-29-16-7-5-6-15(11-16)20-19-21(27)17-10-13(2)8-9-18(17)30-22(19)23(28)26(20)24-25-14(3)12-31-24/h5-12,20H,4H2,1-3H3. The molecule has 1 amide bonds. The second-order valence-electron chi connectivity index (χ2n) is 7.53. The lowest BCUT2D eigenvalue weighted by Crippen LogP contribution is -2.29. The maximum atomic E-state index is 13.6. The van der Waals surface area contributed by atoms with E-state index in [9.17, 15) is 9.59 Å². The Kier molecular flexibility index (Phi) is 4.63. The van der Waals surface area contributed by atoms with Crippen LogP contribution in [-0.2, 0) is 0 Å². The van der Waals surface area contributed by atoms with Crippen LogP contribution in [0.5, 0.6) is 5.75 Å². The molecule has 3 heterocycles. The van der Waals surface area contributed by atoms with Crippen LogP contribution in [-0.4, -0.2) is 17.5 Å². The van der Waals surface area contributed by atoms with E-state index in [1.807, 2.05) is 56.5 Å². The highest BCUT2D eigenvalue weighted by Crippen LogP contribution is 2.42. The Morgan fingerprint density at radius 3 is 2.74 bits per heavy atom. The van der Waals surface area contributed by atoms with E-state index in [2.05, 4.69) is 4.98 Å². The molecule has 6 nitrogen and oxygen atoms in total. The lowest BCUT2D eigenvalue weighted by molar-refractivity contribution is 0.0971. The zero-order chi connectivity index (χ0) is 21.7. The quantitative estimate of drug-likeness (QED) is 0.453. The van der Waals surface area contributed by atoms with Gasteiger partial charge in [-0.15, -0.1) is 11.3 Å². The van der Waals surface area contributed by atoms with E-state index < -0.39 is 6.04 Å². The molecule has 1 aliphatic rings. The summed E-state index contributed by atoms with van der Waals surface area (Å²) in [4.78, 5) is 33.2. The van der Waals surface area contributed by atoms with Gasteiger partial charge in [-0.3, -0.25) is 14.5 Å². The summed E-state index contributed by atoms with van der Waals surface area (Å²) in [5.41, 5.74) is 3.07. The molecule has 0 saturated heterocycles. The van der Waals surface area contributed by atoms with Gasteiger partial charge in [0.05, 0.1) is 29.3 Å². The van der Waals surface area contributed by atoms with Crippen molar-refractivity contribution in [3.8, 4) is 5.75 Å². The van der Waals surface area contributed by atoms with Gasteiger partial charge in [0, 0.05) is 5.38 Å². The van der Waals surface area contributed by atoms with Crippen molar-refractivity contribution < 1.29 is 13.9 Å². The number of nitrogens with zero attached hydrogens (tertiary/aromatic N) is 2. The predicted molar refractivity (Wildman–Crippen MR) is 120 cm³/mol. The first kappa shape index (κ1) is 19.5. The number of amides is 1. The monoisotopic (exact) mass is 432 g/mol. The van der Waals surface area contributed by atoms with Crippen LogP contribution in [0, 0.1) is 13.8 Å². The molecule has 0 fully saturated rings. The summed E-state index contributed by atoms with van der Waals surface area (Å²) in [6.07, 6.45) is 0. The van der Waals surface area contributed by atoms with Crippen molar-refractivity contribution in [3.63, 3.8) is 0 Å². The summed E-state index contributed by atoms with van der Waals surface area (Å²) in [6.45, 7) is 6.23. The van der Waals surface area contributed by atoms with Gasteiger partial charge in [0.1, 0.15) is 11.3 Å². The molecule has 2 aromatic carbocycles. The molecule has 156 valence electrons. The van der Waals surface area contributed by atoms with Crippen molar-refractivity contribution in [2.24, 2.45) is 0 Å². The van der Waals surface area contributed by atoms with Crippen molar-refractivity contribution >= 4 is 33.3 Å². The number of carbonyl (C=O) groups is 1. The molecular weight excluding hydrogens is 412 g/mol. The predicted octanol–water partition coefficient (Wildman–Crippen LogP) is 5.01. The zero-order valence-electron chi connectivity index (χ0n) is 17.3. The zero-order valence-corrected chi connectivity index (χ0v) is 18.2. The molecule has 0 radical (unpaired) electrons. The van der Waals surface area contributed by atoms with Gasteiger partial charge in [-0.1, -0.05) is 23.8 Å². The highest BCUT2D eigenvalue weighted by Gasteiger charge is 2.45. The fraction of sp³-hybridized carbons (Fsp3) is 0.208. The number of anilines is 1. The van der Waals surface area contributed by atoms with E-state index in [1.54, 1.807) is 17.0 Å². The van der Waals surface area contributed by atoms with Gasteiger partial charge in [0.25, 0.3) is 5.91 Å². The Morgan fingerprint density at radius 2 is 2.00 bits per heavy atom. The van der Waals surface area contributed by atoms with Gasteiger partial charge < -0.3 is 9.15 Å². The fourth-order valence-electron chi connectivity index (χ4n) is 3.99. The molecule has 7 heteroatoms. The molecule has 5 rings (SSSR count). The summed E-state index contributed by atoms with van der Waals surface area (Å²) >= 11 is 1.37. The third-order valence-electron chi connectivity index (χ3n) is 5.32. The molecule has 1 aliphatic heterocycles. The second kappa shape index (κ2) is 7.35. The summed E-state index contributed by atoms with van der Waals surface area (Å²) in [5.74, 6) is 0.383. The molecular formula is C24H20N2O4S. The number of ether oxygens (including phenoxy) is 1. The molecule has 4 aromatic rings. The molecule has 0 spiro atoms. The van der Waals surface area contributed by atoms with Crippen molar-refractivity contribution in [2.75, 3.05) is 11.5 Å². The van der Waals surface area contributed by atoms with Crippen LogP contribution in [0.4, 0.5) is 5.13 Å². The Balaban J connectivity index is 1.80. The SMILES string of the molecule is CCOc1cccc(C2c3c(oc4ccc(C)cc4c3=O)C(=O)N2c2nc(C)cs2)c1. The smallest absolute Gasteiger partial charge is 0.297 e. The summed E-state index contributed by atoms with van der Waals surface area (Å²) < 4.78 is 11.7. The van der Waals surface area contributed by atoms with Gasteiger partial charge in [-0.2, -0.15) is 0 Å². The van der Waals surface area contributed by atoms with E-state index in [1.165, 1.54) is 11.3 Å². The van der Waals surface area contributed by atoms with E-state index in [-0.39, 0.29) is 17.1 Å². The first-order valence-corrected chi connectivity index (χ1v) is 10.9. The fourth-order valence-corrected chi connectivity index (χ4v) is 4.82. The molecule has 31 heavy (non-hydrogen) atoms. The van der Waals surface area contributed by atoms with E-state index in [4.69, 9.17) is 9.15 Å². The van der Waals surface area contributed by atoms with Crippen molar-refractivity contribution in [3.05, 3.63) is 86.2 Å². The van der Waals surface area contributed by atoms with Gasteiger partial charge in [0.2, 0.25) is 5.76 Å². The Bertz CT molecular complexity index is 1390. The van der Waals surface area contributed by atoms with Crippen LogP contribution in [0.2, 0.25) is 0 Å². The van der Waals surface area contributed by atoms with Crippen LogP contribution in [0.15, 0.2) is 57.1 Å². The second-order valence-corrected chi connectivity index (χ2v) is 8.36. The van der Waals surface area contributed by atoms with E-state index in [0.717, 1.165) is 16.8 Å². The van der Waals surface area contributed by atoms with Gasteiger partial charge in [-0.25, -0.2) is 4.98 Å². The molecule has 0 bridgehead atoms. The molecule has 2 aromatic heterocycles. The van der Waals surface area contributed by atoms with Crippen LogP contribution >= 0.6 is 11.3 Å². The topological polar surface area (TPSA) is 72.6 Å². The highest BCUT2D eigenvalue weighted by atomic mass is 32.1. The average molecular weight is 433 g/mol. The lowest BCUT2D eigenvalue weighted by atomic mass is 9.98. The number of rotatable bonds is 4. The number of hydrogen-bond acceptors (Lipinski definition) is 6. The minimum atomic E-state index is -0.644. The number of benzene rings is 2. The van der Waals surface area contributed by atoms with Gasteiger partial charge >= 0.3 is 0 Å². The molecule has 0 N–H and O–H groups in total. The molecule has 0 saturated carbocycles. The third kappa shape index (κ3) is 3.13. The molecule has 1 unspecified atom stereocenters. The summed E-state index contributed by atoms with van der Waals surface area (Å²) in [5, 5.41) is 2.88. The number of fused-ring (bicyclic) bond motifs is 2. The maximum absolute atomic E-state index is 13.6. The Morgan fingerprint density at radius 1 is 1.16 bits per heavy atom. The Labute approximate surface area is 182 Å². The Hall–Kier alpha value is -3.45. The number of aromatic nitrogens is 1. The average Bonchev–Trinajstić information content (AvgIpc) is 3.30. The first-order valence-electron chi connectivity index (χ1n) is 10.0. The van der Waals surface area contributed by atoms with E-state index in [0.29, 0.717) is 34.0 Å². The normalized spacial score (nSPS) is 15.5. The maximum Gasteiger partial charge on any atom is 0.297 e. The lowest BCUT2D eigenvalue weighted by Gasteiger charge is -2.23. The highest BCUT2D eigenvalue weighted by molar-refractivity contribution is 7.14. The van der Waals surface area contributed by atoms with Crippen LogP contribution in [0.3, 0.4) is 0 Å². The number of aryl methyl sites for hydroxylation is 2. The van der Waals surface area contributed by atoms with E-state index >= 15 is 0 Å². The number of hydrogen-bond donors (Lipinski definition) is 0. The molecule has 0 aliphatic carbocycles. The largest absolute Gasteiger partial charge is 0.494 e. The summed E-state index contributed by atoms with van der Waals surface area (Å²) in [7, 11) is 0. The van der Waals surface area contributed by atoms with Crippen molar-refractivity contribution in [1.29, 1.82) is 0 Å². The van der Waals surface area contributed by atoms with Crippen molar-refractivity contribution in [1.82, 2.24) is 4.98 Å². The number of carbonyl (C=O) groups excluding carboxylic acids is 1. The van der Waals surface area contributed by atoms with Gasteiger partial charge in [0.15, 0.2) is 10.6 Å². The molecule has 1 atom stereocenters. The van der Waals surface area contributed by atoms with Crippen molar-refractivity contribution in [2.45, 2.75) is 26.8 Å². The van der Waals surface area contributed by atoms with Crippen LogP contribution in [0.25, 0.3) is 11.0 Å².